The van der Waals surface area contributed by atoms with Crippen LogP contribution in [0.4, 0.5) is 0 Å². The number of amides is 1. The maximum Gasteiger partial charge on any atom is 0.303 e. The summed E-state index contributed by atoms with van der Waals surface area (Å²) in [4.78, 5) is 22.4. The molecule has 0 radical (unpaired) electrons. The van der Waals surface area contributed by atoms with Crippen LogP contribution < -0.4 is 5.32 Å². The number of hydrogen-bond acceptors (Lipinski definition) is 3. The topological polar surface area (TPSA) is 84.2 Å². The van der Waals surface area contributed by atoms with Crippen molar-refractivity contribution in [1.82, 2.24) is 15.1 Å². The van der Waals surface area contributed by atoms with E-state index < -0.39 is 5.97 Å². The Balaban J connectivity index is 2.57. The van der Waals surface area contributed by atoms with E-state index in [2.05, 4.69) is 10.4 Å². The highest BCUT2D eigenvalue weighted by Crippen LogP contribution is 2.07. The standard InChI is InChI=1S/C12H19N3O3/c1-4-10-9(7-15(3)14-10)12(18)13-6-8(2)5-11(16)17/h7-8H,4-6H2,1-3H3,(H,13,18)(H,16,17). The Morgan fingerprint density at radius 1 is 1.56 bits per heavy atom. The molecule has 0 aliphatic heterocycles. The zero-order valence-electron chi connectivity index (χ0n) is 10.9. The van der Waals surface area contributed by atoms with Gasteiger partial charge in [0, 0.05) is 26.2 Å². The molecule has 1 amide bonds. The van der Waals surface area contributed by atoms with Crippen LogP contribution in [0.2, 0.25) is 0 Å². The number of carboxylic acid groups (broad SMARTS) is 1. The molecule has 1 unspecified atom stereocenters. The predicted octanol–water partition coefficient (Wildman–Crippen LogP) is 0.823. The van der Waals surface area contributed by atoms with Crippen molar-refractivity contribution in [1.29, 1.82) is 0 Å². The summed E-state index contributed by atoms with van der Waals surface area (Å²) in [6, 6.07) is 0. The van der Waals surface area contributed by atoms with Crippen molar-refractivity contribution >= 4 is 11.9 Å². The molecule has 0 spiro atoms. The number of aliphatic carboxylic acids is 1. The predicted molar refractivity (Wildman–Crippen MR) is 66.3 cm³/mol. The smallest absolute Gasteiger partial charge is 0.303 e. The maximum atomic E-state index is 11.9. The summed E-state index contributed by atoms with van der Waals surface area (Å²) in [5.74, 6) is -1.14. The van der Waals surface area contributed by atoms with E-state index in [-0.39, 0.29) is 18.2 Å². The molecule has 18 heavy (non-hydrogen) atoms. The molecule has 1 atom stereocenters. The largest absolute Gasteiger partial charge is 0.481 e. The molecule has 6 nitrogen and oxygen atoms in total. The summed E-state index contributed by atoms with van der Waals surface area (Å²) < 4.78 is 1.61. The number of rotatable bonds is 6. The molecular weight excluding hydrogens is 234 g/mol. The van der Waals surface area contributed by atoms with Crippen molar-refractivity contribution in [2.24, 2.45) is 13.0 Å². The second kappa shape index (κ2) is 6.18. The maximum absolute atomic E-state index is 11.9. The molecule has 1 heterocycles. The van der Waals surface area contributed by atoms with Crippen LogP contribution >= 0.6 is 0 Å². The summed E-state index contributed by atoms with van der Waals surface area (Å²) in [5, 5.41) is 15.5. The molecule has 1 aromatic rings. The molecule has 0 aliphatic carbocycles. The van der Waals surface area contributed by atoms with Gasteiger partial charge in [-0.1, -0.05) is 13.8 Å². The highest BCUT2D eigenvalue weighted by atomic mass is 16.4. The minimum absolute atomic E-state index is 0.0496. The fourth-order valence-electron chi connectivity index (χ4n) is 1.72. The lowest BCUT2D eigenvalue weighted by Crippen LogP contribution is -2.29. The second-order valence-electron chi connectivity index (χ2n) is 4.43. The van der Waals surface area contributed by atoms with Gasteiger partial charge in [0.2, 0.25) is 0 Å². The van der Waals surface area contributed by atoms with Crippen molar-refractivity contribution in [3.8, 4) is 0 Å². The summed E-state index contributed by atoms with van der Waals surface area (Å²) in [7, 11) is 1.77. The van der Waals surface area contributed by atoms with Crippen LogP contribution in [0.25, 0.3) is 0 Å². The lowest BCUT2D eigenvalue weighted by atomic mass is 10.1. The van der Waals surface area contributed by atoms with Gasteiger partial charge in [0.05, 0.1) is 11.3 Å². The quantitative estimate of drug-likeness (QED) is 0.786. The van der Waals surface area contributed by atoms with Gasteiger partial charge in [0.1, 0.15) is 0 Å². The van der Waals surface area contributed by atoms with E-state index in [0.717, 1.165) is 5.69 Å². The zero-order chi connectivity index (χ0) is 13.7. The minimum atomic E-state index is -0.854. The van der Waals surface area contributed by atoms with Crippen LogP contribution in [0.15, 0.2) is 6.20 Å². The lowest BCUT2D eigenvalue weighted by molar-refractivity contribution is -0.137. The molecule has 0 bridgehead atoms. The van der Waals surface area contributed by atoms with E-state index in [4.69, 9.17) is 5.11 Å². The normalized spacial score (nSPS) is 12.2. The third-order valence-corrected chi connectivity index (χ3v) is 2.62. The van der Waals surface area contributed by atoms with Crippen LogP contribution in [0.3, 0.4) is 0 Å². The van der Waals surface area contributed by atoms with Gasteiger partial charge in [-0.15, -0.1) is 0 Å². The summed E-state index contributed by atoms with van der Waals surface area (Å²) in [5.41, 5.74) is 1.31. The fourth-order valence-corrected chi connectivity index (χ4v) is 1.72. The van der Waals surface area contributed by atoms with Crippen molar-refractivity contribution in [2.45, 2.75) is 26.7 Å². The average molecular weight is 253 g/mol. The highest BCUT2D eigenvalue weighted by molar-refractivity contribution is 5.95. The van der Waals surface area contributed by atoms with Gasteiger partial charge in [0.15, 0.2) is 0 Å². The monoisotopic (exact) mass is 253 g/mol. The Kier molecular flexibility index (Phi) is 4.88. The first-order valence-electron chi connectivity index (χ1n) is 5.96. The van der Waals surface area contributed by atoms with Gasteiger partial charge in [-0.25, -0.2) is 0 Å². The van der Waals surface area contributed by atoms with E-state index in [0.29, 0.717) is 18.5 Å². The molecule has 0 fully saturated rings. The third kappa shape index (κ3) is 3.87. The summed E-state index contributed by atoms with van der Waals surface area (Å²) >= 11 is 0. The zero-order valence-corrected chi connectivity index (χ0v) is 10.9. The van der Waals surface area contributed by atoms with Crippen molar-refractivity contribution in [2.75, 3.05) is 6.54 Å². The number of nitrogens with zero attached hydrogens (tertiary/aromatic N) is 2. The average Bonchev–Trinajstić information content (AvgIpc) is 2.66. The van der Waals surface area contributed by atoms with Gasteiger partial charge in [-0.3, -0.25) is 14.3 Å². The Morgan fingerprint density at radius 2 is 2.22 bits per heavy atom. The molecule has 100 valence electrons. The SMILES string of the molecule is CCc1nn(C)cc1C(=O)NCC(C)CC(=O)O. The highest BCUT2D eigenvalue weighted by Gasteiger charge is 2.15. The molecule has 6 heteroatoms. The fraction of sp³-hybridized carbons (Fsp3) is 0.583. The molecule has 1 aromatic heterocycles. The van der Waals surface area contributed by atoms with E-state index in [1.54, 1.807) is 24.9 Å². The molecule has 0 saturated heterocycles. The second-order valence-corrected chi connectivity index (χ2v) is 4.43. The van der Waals surface area contributed by atoms with Crippen LogP contribution in [0.5, 0.6) is 0 Å². The minimum Gasteiger partial charge on any atom is -0.481 e. The van der Waals surface area contributed by atoms with Crippen molar-refractivity contribution in [3.63, 3.8) is 0 Å². The molecule has 2 N–H and O–H groups in total. The molecule has 0 saturated carbocycles. The van der Waals surface area contributed by atoms with Gasteiger partial charge < -0.3 is 10.4 Å². The van der Waals surface area contributed by atoms with E-state index >= 15 is 0 Å². The number of aryl methyl sites for hydroxylation is 2. The Morgan fingerprint density at radius 3 is 2.78 bits per heavy atom. The van der Waals surface area contributed by atoms with Gasteiger partial charge in [-0.2, -0.15) is 5.10 Å². The van der Waals surface area contributed by atoms with E-state index in [1.807, 2.05) is 6.92 Å². The number of aromatic nitrogens is 2. The first-order chi connectivity index (χ1) is 8.43. The van der Waals surface area contributed by atoms with Crippen LogP contribution in [-0.4, -0.2) is 33.3 Å². The number of nitrogens with one attached hydrogen (secondary N) is 1. The van der Waals surface area contributed by atoms with Crippen molar-refractivity contribution < 1.29 is 14.7 Å². The first kappa shape index (κ1) is 14.2. The lowest BCUT2D eigenvalue weighted by Gasteiger charge is -2.09. The van der Waals surface area contributed by atoms with E-state index in [9.17, 15) is 9.59 Å². The Hall–Kier alpha value is -1.85. The van der Waals surface area contributed by atoms with Crippen molar-refractivity contribution in [3.05, 3.63) is 17.5 Å². The number of carboxylic acids is 1. The summed E-state index contributed by atoms with van der Waals surface area (Å²) in [6.45, 7) is 4.08. The van der Waals surface area contributed by atoms with Crippen LogP contribution in [0.1, 0.15) is 36.3 Å². The van der Waals surface area contributed by atoms with Gasteiger partial charge >= 0.3 is 5.97 Å². The number of carbonyl (C=O) groups is 2. The molecular formula is C12H19N3O3. The molecule has 0 aliphatic rings. The molecule has 0 aromatic carbocycles. The van der Waals surface area contributed by atoms with E-state index in [1.165, 1.54) is 0 Å². The van der Waals surface area contributed by atoms with Crippen LogP contribution in [-0.2, 0) is 18.3 Å². The van der Waals surface area contributed by atoms with Gasteiger partial charge in [-0.05, 0) is 12.3 Å². The molecule has 1 rings (SSSR count). The number of carbonyl (C=O) groups excluding carboxylic acids is 1. The summed E-state index contributed by atoms with van der Waals surface area (Å²) in [6.07, 6.45) is 2.41. The third-order valence-electron chi connectivity index (χ3n) is 2.62. The number of hydrogen-bond donors (Lipinski definition) is 2. The Labute approximate surface area is 106 Å². The first-order valence-corrected chi connectivity index (χ1v) is 5.96. The van der Waals surface area contributed by atoms with Gasteiger partial charge in [0.25, 0.3) is 5.91 Å². The Bertz CT molecular complexity index is 440. The van der Waals surface area contributed by atoms with Crippen LogP contribution in [0, 0.1) is 5.92 Å².